The average Bonchev–Trinajstić information content (AvgIpc) is 3.26. The lowest BCUT2D eigenvalue weighted by Crippen LogP contribution is -2.56. The SMILES string of the molecule is CCC1(C2CCCN(C(=O)OC(C)(C)C)C2)NC(C(=O)O)=C(c2ccc(Oc3ccccc3)cc2)O1. The molecule has 1 amide bonds. The third-order valence-corrected chi connectivity index (χ3v) is 6.41. The topological polar surface area (TPSA) is 97.3 Å². The van der Waals surface area contributed by atoms with Gasteiger partial charge in [-0.3, -0.25) is 0 Å². The number of carbonyl (C=O) groups is 2. The minimum Gasteiger partial charge on any atom is -0.476 e. The molecule has 2 aromatic carbocycles. The van der Waals surface area contributed by atoms with Gasteiger partial charge >= 0.3 is 12.1 Å². The molecule has 2 heterocycles. The number of nitrogens with zero attached hydrogens (tertiary/aromatic N) is 1. The molecule has 2 aliphatic rings. The maximum Gasteiger partial charge on any atom is 0.410 e. The molecule has 0 radical (unpaired) electrons. The van der Waals surface area contributed by atoms with Gasteiger partial charge in [0.1, 0.15) is 17.1 Å². The summed E-state index contributed by atoms with van der Waals surface area (Å²) in [6, 6.07) is 16.6. The Hall–Kier alpha value is -3.68. The van der Waals surface area contributed by atoms with Gasteiger partial charge < -0.3 is 29.5 Å². The van der Waals surface area contributed by atoms with Crippen molar-refractivity contribution in [1.82, 2.24) is 10.2 Å². The second-order valence-corrected chi connectivity index (χ2v) is 10.2. The van der Waals surface area contributed by atoms with E-state index in [0.29, 0.717) is 36.6 Å². The number of nitrogens with one attached hydrogen (secondary N) is 1. The quantitative estimate of drug-likeness (QED) is 0.539. The number of para-hydroxylation sites is 1. The number of piperidine rings is 1. The van der Waals surface area contributed by atoms with E-state index >= 15 is 0 Å². The van der Waals surface area contributed by atoms with Crippen LogP contribution >= 0.6 is 0 Å². The summed E-state index contributed by atoms with van der Waals surface area (Å²) in [5.41, 5.74) is -0.877. The molecular weight excluding hydrogens is 460 g/mol. The minimum atomic E-state index is -1.09. The Morgan fingerprint density at radius 2 is 1.78 bits per heavy atom. The highest BCUT2D eigenvalue weighted by Crippen LogP contribution is 2.42. The number of benzene rings is 2. The van der Waals surface area contributed by atoms with Gasteiger partial charge in [0, 0.05) is 31.0 Å². The Morgan fingerprint density at radius 1 is 1.11 bits per heavy atom. The van der Waals surface area contributed by atoms with E-state index < -0.39 is 17.3 Å². The smallest absolute Gasteiger partial charge is 0.410 e. The standard InChI is InChI=1S/C28H34N2O6/c1-5-28(20-10-9-17-30(18-20)26(33)36-27(2,3)4)29-23(25(31)32)24(35-28)19-13-15-22(16-14-19)34-21-11-7-6-8-12-21/h6-8,11-16,20,29H,5,9-10,17-18H2,1-4H3,(H,31,32). The first-order valence-corrected chi connectivity index (χ1v) is 12.4. The van der Waals surface area contributed by atoms with Gasteiger partial charge in [0.25, 0.3) is 0 Å². The van der Waals surface area contributed by atoms with Crippen LogP contribution < -0.4 is 10.1 Å². The van der Waals surface area contributed by atoms with Crippen molar-refractivity contribution in [1.29, 1.82) is 0 Å². The van der Waals surface area contributed by atoms with Crippen LogP contribution in [0.25, 0.3) is 5.76 Å². The average molecular weight is 495 g/mol. The normalized spacial score (nSPS) is 22.0. The van der Waals surface area contributed by atoms with Crippen molar-refractivity contribution in [2.75, 3.05) is 13.1 Å². The molecule has 1 saturated heterocycles. The molecule has 0 bridgehead atoms. The number of carbonyl (C=O) groups excluding carboxylic acids is 1. The highest BCUT2D eigenvalue weighted by molar-refractivity contribution is 5.95. The third kappa shape index (κ3) is 5.58. The predicted octanol–water partition coefficient (Wildman–Crippen LogP) is 5.61. The number of hydrogen-bond acceptors (Lipinski definition) is 6. The molecule has 8 heteroatoms. The van der Waals surface area contributed by atoms with Crippen LogP contribution in [0.1, 0.15) is 52.5 Å². The van der Waals surface area contributed by atoms with Crippen LogP contribution in [0.4, 0.5) is 4.79 Å². The summed E-state index contributed by atoms with van der Waals surface area (Å²) in [5.74, 6) is 0.424. The van der Waals surface area contributed by atoms with E-state index in [0.717, 1.165) is 12.8 Å². The third-order valence-electron chi connectivity index (χ3n) is 6.41. The zero-order valence-corrected chi connectivity index (χ0v) is 21.2. The van der Waals surface area contributed by atoms with Crippen molar-refractivity contribution in [2.24, 2.45) is 5.92 Å². The molecule has 0 aromatic heterocycles. The molecule has 1 fully saturated rings. The molecule has 8 nitrogen and oxygen atoms in total. The van der Waals surface area contributed by atoms with Crippen molar-refractivity contribution in [3.05, 3.63) is 65.9 Å². The molecule has 0 aliphatic carbocycles. The number of carboxylic acid groups (broad SMARTS) is 1. The van der Waals surface area contributed by atoms with Gasteiger partial charge in [-0.15, -0.1) is 0 Å². The molecule has 2 N–H and O–H groups in total. The highest BCUT2D eigenvalue weighted by atomic mass is 16.6. The maximum absolute atomic E-state index is 12.7. The molecule has 2 aliphatic heterocycles. The molecule has 4 rings (SSSR count). The first-order chi connectivity index (χ1) is 17.1. The summed E-state index contributed by atoms with van der Waals surface area (Å²) in [6.45, 7) is 8.49. The zero-order valence-electron chi connectivity index (χ0n) is 21.2. The fourth-order valence-corrected chi connectivity index (χ4v) is 4.66. The highest BCUT2D eigenvalue weighted by Gasteiger charge is 2.49. The number of ether oxygens (including phenoxy) is 3. The Balaban J connectivity index is 1.53. The number of hydrogen-bond donors (Lipinski definition) is 2. The van der Waals surface area contributed by atoms with E-state index in [1.54, 1.807) is 29.2 Å². The van der Waals surface area contributed by atoms with Crippen molar-refractivity contribution >= 4 is 17.8 Å². The van der Waals surface area contributed by atoms with Gasteiger partial charge in [-0.05, 0) is 70.0 Å². The van der Waals surface area contributed by atoms with Crippen LogP contribution in [0, 0.1) is 5.92 Å². The zero-order chi connectivity index (χ0) is 25.9. The van der Waals surface area contributed by atoms with Gasteiger partial charge in [-0.2, -0.15) is 0 Å². The Labute approximate surface area is 211 Å². The van der Waals surface area contributed by atoms with Crippen molar-refractivity contribution in [3.63, 3.8) is 0 Å². The van der Waals surface area contributed by atoms with Crippen LogP contribution in [0.2, 0.25) is 0 Å². The molecule has 0 spiro atoms. The van der Waals surface area contributed by atoms with E-state index in [1.807, 2.05) is 58.0 Å². The number of amides is 1. The number of likely N-dealkylation sites (tertiary alicyclic amines) is 1. The van der Waals surface area contributed by atoms with Gasteiger partial charge in [0.05, 0.1) is 0 Å². The lowest BCUT2D eigenvalue weighted by Gasteiger charge is -2.42. The molecule has 2 unspecified atom stereocenters. The van der Waals surface area contributed by atoms with Crippen LogP contribution in [-0.4, -0.2) is 46.5 Å². The van der Waals surface area contributed by atoms with E-state index in [1.165, 1.54) is 0 Å². The van der Waals surface area contributed by atoms with E-state index in [9.17, 15) is 14.7 Å². The predicted molar refractivity (Wildman–Crippen MR) is 135 cm³/mol. The summed E-state index contributed by atoms with van der Waals surface area (Å²) in [7, 11) is 0. The lowest BCUT2D eigenvalue weighted by molar-refractivity contribution is -0.133. The Morgan fingerprint density at radius 3 is 2.39 bits per heavy atom. The van der Waals surface area contributed by atoms with Crippen LogP contribution in [0.15, 0.2) is 60.3 Å². The number of rotatable bonds is 6. The Kier molecular flexibility index (Phi) is 7.15. The molecular formula is C28H34N2O6. The first-order valence-electron chi connectivity index (χ1n) is 12.4. The summed E-state index contributed by atoms with van der Waals surface area (Å²) in [6.07, 6.45) is 1.73. The maximum atomic E-state index is 12.7. The summed E-state index contributed by atoms with van der Waals surface area (Å²) >= 11 is 0. The molecule has 2 aromatic rings. The minimum absolute atomic E-state index is 0.0166. The first kappa shape index (κ1) is 25.4. The van der Waals surface area contributed by atoms with Crippen LogP contribution in [0.3, 0.4) is 0 Å². The van der Waals surface area contributed by atoms with Crippen LogP contribution in [-0.2, 0) is 14.3 Å². The fraction of sp³-hybridized carbons (Fsp3) is 0.429. The van der Waals surface area contributed by atoms with Gasteiger partial charge in [0.2, 0.25) is 0 Å². The fourth-order valence-electron chi connectivity index (χ4n) is 4.66. The summed E-state index contributed by atoms with van der Waals surface area (Å²) in [5, 5.41) is 13.2. The lowest BCUT2D eigenvalue weighted by atomic mass is 9.86. The van der Waals surface area contributed by atoms with Crippen molar-refractivity contribution in [2.45, 2.75) is 58.3 Å². The Bertz CT molecular complexity index is 1120. The van der Waals surface area contributed by atoms with E-state index in [4.69, 9.17) is 14.2 Å². The van der Waals surface area contributed by atoms with Gasteiger partial charge in [-0.25, -0.2) is 9.59 Å². The van der Waals surface area contributed by atoms with Gasteiger partial charge in [-0.1, -0.05) is 25.1 Å². The van der Waals surface area contributed by atoms with E-state index in [2.05, 4.69) is 5.32 Å². The summed E-state index contributed by atoms with van der Waals surface area (Å²) < 4.78 is 17.9. The molecule has 2 atom stereocenters. The second kappa shape index (κ2) is 10.1. The van der Waals surface area contributed by atoms with Crippen LogP contribution in [0.5, 0.6) is 11.5 Å². The monoisotopic (exact) mass is 494 g/mol. The van der Waals surface area contributed by atoms with Crippen molar-refractivity contribution < 1.29 is 28.9 Å². The number of carboxylic acids is 1. The summed E-state index contributed by atoms with van der Waals surface area (Å²) in [4.78, 5) is 26.6. The molecule has 0 saturated carbocycles. The van der Waals surface area contributed by atoms with Gasteiger partial charge in [0.15, 0.2) is 17.2 Å². The second-order valence-electron chi connectivity index (χ2n) is 10.2. The van der Waals surface area contributed by atoms with E-state index in [-0.39, 0.29) is 23.5 Å². The van der Waals surface area contributed by atoms with Crippen molar-refractivity contribution in [3.8, 4) is 11.5 Å². The molecule has 192 valence electrons. The number of aliphatic carboxylic acids is 1. The largest absolute Gasteiger partial charge is 0.476 e. The molecule has 36 heavy (non-hydrogen) atoms.